The van der Waals surface area contributed by atoms with Crippen LogP contribution in [-0.4, -0.2) is 24.1 Å². The van der Waals surface area contributed by atoms with Crippen molar-refractivity contribution < 1.29 is 4.79 Å². The van der Waals surface area contributed by atoms with Crippen LogP contribution in [0.1, 0.15) is 12.5 Å². The van der Waals surface area contributed by atoms with Gasteiger partial charge in [-0.25, -0.2) is 9.80 Å². The van der Waals surface area contributed by atoms with Crippen molar-refractivity contribution in [3.63, 3.8) is 0 Å². The van der Waals surface area contributed by atoms with Crippen molar-refractivity contribution in [3.05, 3.63) is 29.8 Å². The molecule has 80 valence electrons. The molecule has 1 heterocycles. The topological polar surface area (TPSA) is 49.6 Å². The lowest BCUT2D eigenvalue weighted by atomic mass is 10.2. The van der Waals surface area contributed by atoms with E-state index in [2.05, 4.69) is 6.07 Å². The zero-order valence-electron chi connectivity index (χ0n) is 8.81. The van der Waals surface area contributed by atoms with E-state index in [1.807, 2.05) is 30.1 Å². The van der Waals surface area contributed by atoms with Gasteiger partial charge in [0.1, 0.15) is 0 Å². The van der Waals surface area contributed by atoms with E-state index in [1.165, 1.54) is 5.56 Å². The maximum absolute atomic E-state index is 11.2. The van der Waals surface area contributed by atoms with Crippen molar-refractivity contribution in [3.8, 4) is 0 Å². The molecule has 0 saturated carbocycles. The number of anilines is 1. The first-order valence-electron chi connectivity index (χ1n) is 5.16. The number of fused-ring (bicyclic) bond motifs is 1. The van der Waals surface area contributed by atoms with E-state index >= 15 is 0 Å². The predicted molar refractivity (Wildman–Crippen MR) is 59.5 cm³/mol. The molecule has 4 nitrogen and oxygen atoms in total. The highest BCUT2D eigenvalue weighted by molar-refractivity contribution is 5.75. The number of carbonyl (C=O) groups excluding carboxylic acids is 1. The number of hydrogen-bond acceptors (Lipinski definition) is 2. The van der Waals surface area contributed by atoms with E-state index in [0.29, 0.717) is 6.54 Å². The number of para-hydroxylation sites is 1. The minimum Gasteiger partial charge on any atom is -0.350 e. The summed E-state index contributed by atoms with van der Waals surface area (Å²) in [6.45, 7) is 3.35. The van der Waals surface area contributed by atoms with Crippen molar-refractivity contribution in [2.24, 2.45) is 5.73 Å². The van der Waals surface area contributed by atoms with Gasteiger partial charge in [-0.3, -0.25) is 5.01 Å². The fourth-order valence-electron chi connectivity index (χ4n) is 2.02. The number of nitrogens with zero attached hydrogens (tertiary/aromatic N) is 2. The maximum Gasteiger partial charge on any atom is 0.333 e. The second kappa shape index (κ2) is 3.81. The molecule has 0 radical (unpaired) electrons. The van der Waals surface area contributed by atoms with Crippen molar-refractivity contribution in [1.29, 1.82) is 0 Å². The SMILES string of the molecule is CCN(C(N)=O)N1CCc2ccccc21. The number of amides is 2. The van der Waals surface area contributed by atoms with Gasteiger partial charge in [0.05, 0.1) is 5.69 Å². The lowest BCUT2D eigenvalue weighted by Gasteiger charge is -2.31. The number of benzene rings is 1. The number of carbonyl (C=O) groups is 1. The Morgan fingerprint density at radius 2 is 2.27 bits per heavy atom. The third-order valence-corrected chi connectivity index (χ3v) is 2.71. The normalized spacial score (nSPS) is 13.8. The smallest absolute Gasteiger partial charge is 0.333 e. The number of hydrazine groups is 1. The Morgan fingerprint density at radius 3 is 2.93 bits per heavy atom. The van der Waals surface area contributed by atoms with Gasteiger partial charge in [-0.15, -0.1) is 0 Å². The van der Waals surface area contributed by atoms with Crippen molar-refractivity contribution in [2.45, 2.75) is 13.3 Å². The minimum atomic E-state index is -0.394. The van der Waals surface area contributed by atoms with E-state index in [4.69, 9.17) is 5.73 Å². The van der Waals surface area contributed by atoms with Crippen molar-refractivity contribution in [1.82, 2.24) is 5.01 Å². The molecule has 2 amide bonds. The Labute approximate surface area is 89.2 Å². The fraction of sp³-hybridized carbons (Fsp3) is 0.364. The van der Waals surface area contributed by atoms with Gasteiger partial charge in [-0.2, -0.15) is 0 Å². The van der Waals surface area contributed by atoms with E-state index < -0.39 is 6.03 Å². The first-order valence-corrected chi connectivity index (χ1v) is 5.16. The fourth-order valence-corrected chi connectivity index (χ4v) is 2.02. The summed E-state index contributed by atoms with van der Waals surface area (Å²) in [4.78, 5) is 11.2. The van der Waals surface area contributed by atoms with Gasteiger partial charge in [0, 0.05) is 13.1 Å². The van der Waals surface area contributed by atoms with Crippen LogP contribution in [0.2, 0.25) is 0 Å². The molecule has 0 atom stereocenters. The van der Waals surface area contributed by atoms with E-state index in [0.717, 1.165) is 18.7 Å². The van der Waals surface area contributed by atoms with Crippen LogP contribution in [0.4, 0.5) is 10.5 Å². The molecular weight excluding hydrogens is 190 g/mol. The summed E-state index contributed by atoms with van der Waals surface area (Å²) in [7, 11) is 0. The molecule has 4 heteroatoms. The molecule has 1 aliphatic heterocycles. The second-order valence-corrected chi connectivity index (χ2v) is 3.56. The van der Waals surface area contributed by atoms with Gasteiger partial charge in [0.15, 0.2) is 0 Å². The van der Waals surface area contributed by atoms with Crippen LogP contribution in [-0.2, 0) is 6.42 Å². The summed E-state index contributed by atoms with van der Waals surface area (Å²) in [6.07, 6.45) is 0.972. The number of nitrogens with two attached hydrogens (primary N) is 1. The molecule has 0 fully saturated rings. The van der Waals surface area contributed by atoms with Gasteiger partial charge in [0.25, 0.3) is 0 Å². The largest absolute Gasteiger partial charge is 0.350 e. The summed E-state index contributed by atoms with van der Waals surface area (Å²) < 4.78 is 0. The quantitative estimate of drug-likeness (QED) is 0.792. The van der Waals surface area contributed by atoms with Gasteiger partial charge in [-0.05, 0) is 25.0 Å². The van der Waals surface area contributed by atoms with Gasteiger partial charge >= 0.3 is 6.03 Å². The molecule has 0 aromatic heterocycles. The Morgan fingerprint density at radius 1 is 1.53 bits per heavy atom. The van der Waals surface area contributed by atoms with Gasteiger partial charge < -0.3 is 5.73 Å². The molecular formula is C11H15N3O. The van der Waals surface area contributed by atoms with E-state index in [9.17, 15) is 4.79 Å². The standard InChI is InChI=1S/C11H15N3O/c1-2-13(11(12)15)14-8-7-9-5-3-4-6-10(9)14/h3-6H,2,7-8H2,1H3,(H2,12,15). The third kappa shape index (κ3) is 1.63. The molecule has 1 aliphatic rings. The lowest BCUT2D eigenvalue weighted by Crippen LogP contribution is -2.48. The van der Waals surface area contributed by atoms with Crippen molar-refractivity contribution >= 4 is 11.7 Å². The van der Waals surface area contributed by atoms with Crippen LogP contribution in [0.15, 0.2) is 24.3 Å². The zero-order chi connectivity index (χ0) is 10.8. The van der Waals surface area contributed by atoms with Gasteiger partial charge in [-0.1, -0.05) is 18.2 Å². The number of rotatable bonds is 2. The summed E-state index contributed by atoms with van der Waals surface area (Å²) >= 11 is 0. The highest BCUT2D eigenvalue weighted by Crippen LogP contribution is 2.28. The summed E-state index contributed by atoms with van der Waals surface area (Å²) in [5, 5.41) is 3.53. The zero-order valence-corrected chi connectivity index (χ0v) is 8.81. The molecule has 0 aliphatic carbocycles. The van der Waals surface area contributed by atoms with Crippen LogP contribution in [0.25, 0.3) is 0 Å². The molecule has 0 bridgehead atoms. The Kier molecular flexibility index (Phi) is 2.49. The Balaban J connectivity index is 2.30. The molecule has 1 aromatic carbocycles. The molecule has 2 rings (SSSR count). The molecule has 0 unspecified atom stereocenters. The second-order valence-electron chi connectivity index (χ2n) is 3.56. The van der Waals surface area contributed by atoms with Crippen LogP contribution < -0.4 is 10.7 Å². The predicted octanol–water partition coefficient (Wildman–Crippen LogP) is 1.36. The van der Waals surface area contributed by atoms with Crippen molar-refractivity contribution in [2.75, 3.05) is 18.1 Å². The van der Waals surface area contributed by atoms with Crippen LogP contribution in [0.5, 0.6) is 0 Å². The average Bonchev–Trinajstić information content (AvgIpc) is 2.63. The van der Waals surface area contributed by atoms with Crippen LogP contribution >= 0.6 is 0 Å². The molecule has 1 aromatic rings. The highest BCUT2D eigenvalue weighted by atomic mass is 16.2. The van der Waals surface area contributed by atoms with Crippen LogP contribution in [0.3, 0.4) is 0 Å². The van der Waals surface area contributed by atoms with Crippen LogP contribution in [0, 0.1) is 0 Å². The highest BCUT2D eigenvalue weighted by Gasteiger charge is 2.24. The average molecular weight is 205 g/mol. The molecule has 15 heavy (non-hydrogen) atoms. The summed E-state index contributed by atoms with van der Waals surface area (Å²) in [5.41, 5.74) is 7.70. The maximum atomic E-state index is 11.2. The Hall–Kier alpha value is -1.71. The number of urea groups is 1. The monoisotopic (exact) mass is 205 g/mol. The number of hydrogen-bond donors (Lipinski definition) is 1. The summed E-state index contributed by atoms with van der Waals surface area (Å²) in [5.74, 6) is 0. The molecule has 2 N–H and O–H groups in total. The van der Waals surface area contributed by atoms with E-state index in [-0.39, 0.29) is 0 Å². The molecule has 0 saturated heterocycles. The lowest BCUT2D eigenvalue weighted by molar-refractivity contribution is 0.206. The Bertz CT molecular complexity index is 378. The molecule has 0 spiro atoms. The first kappa shape index (κ1) is 9.83. The third-order valence-electron chi connectivity index (χ3n) is 2.71. The number of primary amides is 1. The van der Waals surface area contributed by atoms with Gasteiger partial charge in [0.2, 0.25) is 0 Å². The summed E-state index contributed by atoms with van der Waals surface area (Å²) in [6, 6.07) is 7.71. The van der Waals surface area contributed by atoms with E-state index in [1.54, 1.807) is 5.01 Å². The first-order chi connectivity index (χ1) is 7.24. The minimum absolute atomic E-state index is 0.394.